The van der Waals surface area contributed by atoms with E-state index in [1.807, 2.05) is 4.90 Å². The molecule has 2 amide bonds. The van der Waals surface area contributed by atoms with E-state index in [1.54, 1.807) is 4.90 Å². The van der Waals surface area contributed by atoms with E-state index in [2.05, 4.69) is 0 Å². The van der Waals surface area contributed by atoms with Crippen LogP contribution >= 0.6 is 0 Å². The number of carboxylic acid groups (broad SMARTS) is 1. The van der Waals surface area contributed by atoms with Gasteiger partial charge in [-0.05, 0) is 62.8 Å². The molecule has 2 aliphatic rings. The van der Waals surface area contributed by atoms with Gasteiger partial charge in [-0.2, -0.15) is 0 Å². The summed E-state index contributed by atoms with van der Waals surface area (Å²) in [6.07, 6.45) is 4.80. The van der Waals surface area contributed by atoms with E-state index < -0.39 is 5.97 Å². The summed E-state index contributed by atoms with van der Waals surface area (Å²) in [7, 11) is 0. The zero-order valence-electron chi connectivity index (χ0n) is 16.0. The number of aliphatic carboxylic acids is 1. The molecule has 7 heteroatoms. The Kier molecular flexibility index (Phi) is 6.65. The molecule has 2 heterocycles. The molecule has 0 aromatic heterocycles. The average molecular weight is 390 g/mol. The van der Waals surface area contributed by atoms with Gasteiger partial charge in [0.05, 0.1) is 5.92 Å². The third-order valence-corrected chi connectivity index (χ3v) is 5.75. The Morgan fingerprint density at radius 3 is 2.50 bits per heavy atom. The van der Waals surface area contributed by atoms with Crippen LogP contribution in [0.2, 0.25) is 0 Å². The number of nitrogens with zero attached hydrogens (tertiary/aromatic N) is 2. The highest BCUT2D eigenvalue weighted by Gasteiger charge is 2.35. The Balaban J connectivity index is 1.65. The van der Waals surface area contributed by atoms with Gasteiger partial charge in [0, 0.05) is 37.7 Å². The molecule has 152 valence electrons. The minimum absolute atomic E-state index is 0.0273. The molecule has 0 saturated carbocycles. The van der Waals surface area contributed by atoms with Gasteiger partial charge in [-0.1, -0.05) is 0 Å². The maximum atomic E-state index is 13.1. The number of benzene rings is 1. The molecule has 0 radical (unpaired) electrons. The second-order valence-electron chi connectivity index (χ2n) is 7.71. The normalized spacial score (nSPS) is 22.8. The quantitative estimate of drug-likeness (QED) is 0.839. The van der Waals surface area contributed by atoms with Gasteiger partial charge < -0.3 is 14.9 Å². The summed E-state index contributed by atoms with van der Waals surface area (Å²) in [4.78, 5) is 40.3. The average Bonchev–Trinajstić information content (AvgIpc) is 2.72. The van der Waals surface area contributed by atoms with E-state index in [1.165, 1.54) is 24.3 Å². The van der Waals surface area contributed by atoms with Gasteiger partial charge in [0.25, 0.3) is 5.91 Å². The fourth-order valence-electron chi connectivity index (χ4n) is 4.25. The first kappa shape index (κ1) is 20.3. The van der Waals surface area contributed by atoms with Crippen molar-refractivity contribution >= 4 is 17.8 Å². The predicted octanol–water partition coefficient (Wildman–Crippen LogP) is 2.92. The molecular weight excluding hydrogens is 363 g/mol. The summed E-state index contributed by atoms with van der Waals surface area (Å²) in [6, 6.07) is 5.44. The van der Waals surface area contributed by atoms with Crippen molar-refractivity contribution in [1.29, 1.82) is 0 Å². The number of likely N-dealkylation sites (tertiary alicyclic amines) is 2. The number of carbonyl (C=O) groups excluding carboxylic acids is 2. The minimum atomic E-state index is -0.841. The van der Waals surface area contributed by atoms with Gasteiger partial charge in [-0.15, -0.1) is 0 Å². The van der Waals surface area contributed by atoms with Crippen LogP contribution in [0, 0.1) is 11.7 Å². The summed E-state index contributed by atoms with van der Waals surface area (Å²) in [5.74, 6) is -1.64. The predicted molar refractivity (Wildman–Crippen MR) is 101 cm³/mol. The molecule has 2 saturated heterocycles. The molecule has 2 fully saturated rings. The number of carbonyl (C=O) groups is 3. The smallest absolute Gasteiger partial charge is 0.303 e. The molecule has 6 nitrogen and oxygen atoms in total. The third-order valence-electron chi connectivity index (χ3n) is 5.75. The topological polar surface area (TPSA) is 77.9 Å². The van der Waals surface area contributed by atoms with E-state index in [0.717, 1.165) is 32.1 Å². The summed E-state index contributed by atoms with van der Waals surface area (Å²) in [5.41, 5.74) is 0.423. The van der Waals surface area contributed by atoms with E-state index >= 15 is 0 Å². The highest BCUT2D eigenvalue weighted by molar-refractivity contribution is 5.94. The maximum Gasteiger partial charge on any atom is 0.303 e. The lowest BCUT2D eigenvalue weighted by Crippen LogP contribution is -2.51. The number of amides is 2. The Morgan fingerprint density at radius 2 is 1.79 bits per heavy atom. The monoisotopic (exact) mass is 390 g/mol. The summed E-state index contributed by atoms with van der Waals surface area (Å²) < 4.78 is 13.1. The summed E-state index contributed by atoms with van der Waals surface area (Å²) >= 11 is 0. The first-order valence-corrected chi connectivity index (χ1v) is 10.0. The molecule has 1 N–H and O–H groups in total. The Morgan fingerprint density at radius 1 is 1.04 bits per heavy atom. The van der Waals surface area contributed by atoms with Crippen molar-refractivity contribution in [3.8, 4) is 0 Å². The van der Waals surface area contributed by atoms with Gasteiger partial charge in [0.1, 0.15) is 5.82 Å². The molecule has 1 aromatic rings. The number of hydrogen-bond donors (Lipinski definition) is 1. The van der Waals surface area contributed by atoms with Crippen molar-refractivity contribution < 1.29 is 23.9 Å². The van der Waals surface area contributed by atoms with Crippen LogP contribution in [-0.2, 0) is 9.59 Å². The number of rotatable bonds is 5. The van der Waals surface area contributed by atoms with Crippen molar-refractivity contribution in [2.75, 3.05) is 19.6 Å². The first-order chi connectivity index (χ1) is 13.5. The summed E-state index contributed by atoms with van der Waals surface area (Å²) in [6.45, 7) is 1.60. The highest BCUT2D eigenvalue weighted by Crippen LogP contribution is 2.27. The second kappa shape index (κ2) is 9.17. The van der Waals surface area contributed by atoms with Crippen LogP contribution in [0.4, 0.5) is 4.39 Å². The molecule has 28 heavy (non-hydrogen) atoms. The molecule has 0 bridgehead atoms. The van der Waals surface area contributed by atoms with Crippen molar-refractivity contribution in [1.82, 2.24) is 9.80 Å². The minimum Gasteiger partial charge on any atom is -0.481 e. The lowest BCUT2D eigenvalue weighted by Gasteiger charge is -2.40. The maximum absolute atomic E-state index is 13.1. The van der Waals surface area contributed by atoms with Crippen molar-refractivity contribution in [2.24, 2.45) is 5.92 Å². The van der Waals surface area contributed by atoms with Crippen molar-refractivity contribution in [2.45, 2.75) is 51.0 Å². The van der Waals surface area contributed by atoms with Crippen LogP contribution in [0.1, 0.15) is 55.3 Å². The van der Waals surface area contributed by atoms with Gasteiger partial charge in [0.2, 0.25) is 5.91 Å². The van der Waals surface area contributed by atoms with E-state index in [0.29, 0.717) is 31.6 Å². The van der Waals surface area contributed by atoms with Crippen LogP contribution in [0.5, 0.6) is 0 Å². The van der Waals surface area contributed by atoms with Crippen LogP contribution < -0.4 is 0 Å². The molecule has 3 rings (SSSR count). The highest BCUT2D eigenvalue weighted by atomic mass is 19.1. The fourth-order valence-corrected chi connectivity index (χ4v) is 4.25. The lowest BCUT2D eigenvalue weighted by atomic mass is 9.92. The van der Waals surface area contributed by atoms with Crippen LogP contribution in [0.3, 0.4) is 0 Å². The van der Waals surface area contributed by atoms with Crippen LogP contribution in [0.25, 0.3) is 0 Å². The molecule has 2 unspecified atom stereocenters. The fraction of sp³-hybridized carbons (Fsp3) is 0.571. The Bertz CT molecular complexity index is 722. The van der Waals surface area contributed by atoms with E-state index in [-0.39, 0.29) is 36.0 Å². The van der Waals surface area contributed by atoms with Gasteiger partial charge in [0.15, 0.2) is 0 Å². The zero-order valence-corrected chi connectivity index (χ0v) is 16.0. The second-order valence-corrected chi connectivity index (χ2v) is 7.71. The van der Waals surface area contributed by atoms with Crippen molar-refractivity contribution in [3.63, 3.8) is 0 Å². The standard InChI is InChI=1S/C21H27FN2O4/c22-17-8-6-15(7-9-17)20(27)23-12-3-4-16(14-23)21(28)24-13-2-1-5-18(24)10-11-19(25)26/h6-9,16,18H,1-5,10-14H2,(H,25,26). The molecule has 2 aliphatic heterocycles. The van der Waals surface area contributed by atoms with Gasteiger partial charge in [-0.3, -0.25) is 14.4 Å². The van der Waals surface area contributed by atoms with E-state index in [9.17, 15) is 18.8 Å². The third kappa shape index (κ3) is 4.88. The Labute approximate surface area is 164 Å². The van der Waals surface area contributed by atoms with Crippen molar-refractivity contribution in [3.05, 3.63) is 35.6 Å². The zero-order chi connectivity index (χ0) is 20.1. The number of halogens is 1. The lowest BCUT2D eigenvalue weighted by molar-refractivity contribution is -0.143. The van der Waals surface area contributed by atoms with E-state index in [4.69, 9.17) is 5.11 Å². The number of hydrogen-bond acceptors (Lipinski definition) is 3. The van der Waals surface area contributed by atoms with Gasteiger partial charge >= 0.3 is 5.97 Å². The number of carboxylic acids is 1. The first-order valence-electron chi connectivity index (χ1n) is 10.0. The SMILES string of the molecule is O=C(O)CCC1CCCCN1C(=O)C1CCCN(C(=O)c2ccc(F)cc2)C1. The van der Waals surface area contributed by atoms with Gasteiger partial charge in [-0.25, -0.2) is 4.39 Å². The molecule has 0 spiro atoms. The van der Waals surface area contributed by atoms with Crippen LogP contribution in [-0.4, -0.2) is 58.4 Å². The number of piperidine rings is 2. The molecule has 2 atom stereocenters. The largest absolute Gasteiger partial charge is 0.481 e. The van der Waals surface area contributed by atoms with Crippen LogP contribution in [0.15, 0.2) is 24.3 Å². The molecule has 1 aromatic carbocycles. The molecular formula is C21H27FN2O4. The Hall–Kier alpha value is -2.44. The summed E-state index contributed by atoms with van der Waals surface area (Å²) in [5, 5.41) is 8.97. The molecule has 0 aliphatic carbocycles.